The third-order valence-corrected chi connectivity index (χ3v) is 1.70. The van der Waals surface area contributed by atoms with Crippen LogP contribution in [0.4, 0.5) is 5.95 Å². The lowest BCUT2D eigenvalue weighted by molar-refractivity contribution is 0.102. The highest BCUT2D eigenvalue weighted by molar-refractivity contribution is 6.01. The molecule has 16 heavy (non-hydrogen) atoms. The number of hydrogen-bond donors (Lipinski definition) is 2. The zero-order chi connectivity index (χ0) is 11.4. The second-order valence-electron chi connectivity index (χ2n) is 2.82. The summed E-state index contributed by atoms with van der Waals surface area (Å²) in [6, 6.07) is 1.63. The summed E-state index contributed by atoms with van der Waals surface area (Å²) in [5.41, 5.74) is -0.278. The Balaban J connectivity index is 2.15. The molecule has 0 spiro atoms. The van der Waals surface area contributed by atoms with Crippen molar-refractivity contribution in [1.82, 2.24) is 19.9 Å². The summed E-state index contributed by atoms with van der Waals surface area (Å²) in [6.07, 6.45) is 5.26. The Hall–Kier alpha value is -2.57. The van der Waals surface area contributed by atoms with E-state index in [9.17, 15) is 9.59 Å². The van der Waals surface area contributed by atoms with Crippen molar-refractivity contribution in [3.63, 3.8) is 0 Å². The topological polar surface area (TPSA) is 101 Å². The van der Waals surface area contributed by atoms with Crippen LogP contribution in [0.15, 0.2) is 35.6 Å². The fraction of sp³-hybridized carbons (Fsp3) is 0. The fourth-order valence-electron chi connectivity index (χ4n) is 0.996. The first-order valence-corrected chi connectivity index (χ1v) is 4.39. The Morgan fingerprint density at radius 2 is 2.00 bits per heavy atom. The maximum Gasteiger partial charge on any atom is 0.278 e. The third kappa shape index (κ3) is 2.27. The summed E-state index contributed by atoms with van der Waals surface area (Å²) in [4.78, 5) is 35.9. The van der Waals surface area contributed by atoms with Gasteiger partial charge < -0.3 is 4.98 Å². The van der Waals surface area contributed by atoms with Gasteiger partial charge in [0.05, 0.1) is 6.20 Å². The van der Waals surface area contributed by atoms with Crippen LogP contribution >= 0.6 is 0 Å². The van der Waals surface area contributed by atoms with Crippen molar-refractivity contribution >= 4 is 11.9 Å². The van der Waals surface area contributed by atoms with Gasteiger partial charge in [0.1, 0.15) is 5.69 Å². The molecule has 7 nitrogen and oxygen atoms in total. The Morgan fingerprint density at radius 3 is 2.62 bits per heavy atom. The van der Waals surface area contributed by atoms with E-state index in [0.29, 0.717) is 0 Å². The zero-order valence-electron chi connectivity index (χ0n) is 8.04. The molecule has 0 atom stereocenters. The number of carbonyl (C=O) groups is 1. The van der Waals surface area contributed by atoms with Crippen LogP contribution in [0.2, 0.25) is 0 Å². The maximum atomic E-state index is 11.5. The first-order valence-electron chi connectivity index (χ1n) is 4.39. The van der Waals surface area contributed by atoms with Gasteiger partial charge in [-0.2, -0.15) is 0 Å². The van der Waals surface area contributed by atoms with Gasteiger partial charge in [-0.3, -0.25) is 14.9 Å². The van der Waals surface area contributed by atoms with E-state index >= 15 is 0 Å². The van der Waals surface area contributed by atoms with Crippen LogP contribution in [0.3, 0.4) is 0 Å². The molecule has 0 saturated carbocycles. The summed E-state index contributed by atoms with van der Waals surface area (Å²) in [7, 11) is 0. The minimum absolute atomic E-state index is 0.0899. The highest BCUT2D eigenvalue weighted by Crippen LogP contribution is 1.97. The minimum atomic E-state index is -0.484. The van der Waals surface area contributed by atoms with E-state index in [2.05, 4.69) is 25.3 Å². The molecule has 1 amide bonds. The lowest BCUT2D eigenvalue weighted by Crippen LogP contribution is -2.18. The molecule has 2 aromatic heterocycles. The number of nitrogens with one attached hydrogen (secondary N) is 2. The number of carbonyl (C=O) groups excluding carboxylic acids is 1. The summed E-state index contributed by atoms with van der Waals surface area (Å²) < 4.78 is 0. The summed E-state index contributed by atoms with van der Waals surface area (Å²) in [5, 5.41) is 2.43. The fourth-order valence-corrected chi connectivity index (χ4v) is 0.996. The molecular formula is C9H7N5O2. The van der Waals surface area contributed by atoms with Crippen LogP contribution < -0.4 is 10.9 Å². The molecule has 80 valence electrons. The quantitative estimate of drug-likeness (QED) is 0.726. The number of aromatic amines is 1. The molecule has 0 unspecified atom stereocenters. The van der Waals surface area contributed by atoms with Gasteiger partial charge in [0.2, 0.25) is 5.95 Å². The highest BCUT2D eigenvalue weighted by atomic mass is 16.2. The average molecular weight is 217 g/mol. The first kappa shape index (κ1) is 9.97. The molecule has 2 N–H and O–H groups in total. The Bertz CT molecular complexity index is 531. The Labute approximate surface area is 89.6 Å². The van der Waals surface area contributed by atoms with Crippen molar-refractivity contribution < 1.29 is 4.79 Å². The molecule has 2 rings (SSSR count). The average Bonchev–Trinajstić information content (AvgIpc) is 2.31. The van der Waals surface area contributed by atoms with Crippen LogP contribution in [0.1, 0.15) is 10.5 Å². The molecule has 7 heteroatoms. The Morgan fingerprint density at radius 1 is 1.25 bits per heavy atom. The van der Waals surface area contributed by atoms with E-state index in [1.807, 2.05) is 0 Å². The second-order valence-corrected chi connectivity index (χ2v) is 2.82. The number of anilines is 1. The molecule has 0 aliphatic heterocycles. The van der Waals surface area contributed by atoms with Crippen molar-refractivity contribution in [2.45, 2.75) is 0 Å². The van der Waals surface area contributed by atoms with Crippen LogP contribution in [-0.4, -0.2) is 25.8 Å². The van der Waals surface area contributed by atoms with Gasteiger partial charge in [-0.05, 0) is 6.07 Å². The van der Waals surface area contributed by atoms with Gasteiger partial charge in [-0.1, -0.05) is 0 Å². The third-order valence-electron chi connectivity index (χ3n) is 1.70. The molecule has 0 saturated heterocycles. The molecule has 2 heterocycles. The predicted octanol–water partition coefficient (Wildman–Crippen LogP) is -0.188. The molecule has 0 aliphatic carbocycles. The van der Waals surface area contributed by atoms with Crippen LogP contribution in [0.5, 0.6) is 0 Å². The van der Waals surface area contributed by atoms with E-state index in [1.165, 1.54) is 18.6 Å². The van der Waals surface area contributed by atoms with Crippen molar-refractivity contribution in [2.24, 2.45) is 0 Å². The predicted molar refractivity (Wildman–Crippen MR) is 54.8 cm³/mol. The summed E-state index contributed by atoms with van der Waals surface area (Å²) in [6.45, 7) is 0. The van der Waals surface area contributed by atoms with E-state index < -0.39 is 5.91 Å². The van der Waals surface area contributed by atoms with Crippen molar-refractivity contribution in [3.8, 4) is 0 Å². The van der Waals surface area contributed by atoms with Gasteiger partial charge >= 0.3 is 0 Å². The lowest BCUT2D eigenvalue weighted by atomic mass is 10.4. The van der Waals surface area contributed by atoms with Gasteiger partial charge in [0, 0.05) is 18.6 Å². The standard InChI is InChI=1S/C9H7N5O2/c15-7-5-12-6(4-13-7)8(16)14-9-10-2-1-3-11-9/h1-5H,(H,13,15)(H,10,11,14,16). The molecule has 2 aromatic rings. The lowest BCUT2D eigenvalue weighted by Gasteiger charge is -2.00. The van der Waals surface area contributed by atoms with Crippen molar-refractivity contribution in [2.75, 3.05) is 5.32 Å². The van der Waals surface area contributed by atoms with Crippen molar-refractivity contribution in [3.05, 3.63) is 46.9 Å². The van der Waals surface area contributed by atoms with Crippen LogP contribution in [-0.2, 0) is 0 Å². The minimum Gasteiger partial charge on any atom is -0.325 e. The highest BCUT2D eigenvalue weighted by Gasteiger charge is 2.08. The number of aromatic nitrogens is 4. The van der Waals surface area contributed by atoms with E-state index in [1.54, 1.807) is 6.07 Å². The number of hydrogen-bond acceptors (Lipinski definition) is 5. The number of amides is 1. The van der Waals surface area contributed by atoms with Crippen LogP contribution in [0.25, 0.3) is 0 Å². The first-order chi connectivity index (χ1) is 7.75. The maximum absolute atomic E-state index is 11.5. The summed E-state index contributed by atoms with van der Waals surface area (Å²) >= 11 is 0. The van der Waals surface area contributed by atoms with E-state index in [-0.39, 0.29) is 17.2 Å². The Kier molecular flexibility index (Phi) is 2.68. The van der Waals surface area contributed by atoms with Crippen LogP contribution in [0, 0.1) is 0 Å². The normalized spacial score (nSPS) is 9.75. The molecule has 0 aliphatic rings. The van der Waals surface area contributed by atoms with Crippen molar-refractivity contribution in [1.29, 1.82) is 0 Å². The molecule has 0 aromatic carbocycles. The smallest absolute Gasteiger partial charge is 0.278 e. The zero-order valence-corrected chi connectivity index (χ0v) is 8.04. The molecular weight excluding hydrogens is 210 g/mol. The van der Waals surface area contributed by atoms with Gasteiger partial charge in [-0.25, -0.2) is 15.0 Å². The molecule has 0 fully saturated rings. The van der Waals surface area contributed by atoms with Gasteiger partial charge in [0.25, 0.3) is 11.5 Å². The molecule has 0 bridgehead atoms. The number of H-pyrrole nitrogens is 1. The number of nitrogens with zero attached hydrogens (tertiary/aromatic N) is 3. The second kappa shape index (κ2) is 4.30. The van der Waals surface area contributed by atoms with E-state index in [0.717, 1.165) is 6.20 Å². The van der Waals surface area contributed by atoms with E-state index in [4.69, 9.17) is 0 Å². The number of rotatable bonds is 2. The largest absolute Gasteiger partial charge is 0.325 e. The van der Waals surface area contributed by atoms with Gasteiger partial charge in [0.15, 0.2) is 0 Å². The molecule has 0 radical (unpaired) electrons. The summed E-state index contributed by atoms with van der Waals surface area (Å²) in [5.74, 6) is -0.303. The van der Waals surface area contributed by atoms with Gasteiger partial charge in [-0.15, -0.1) is 0 Å². The monoisotopic (exact) mass is 217 g/mol. The SMILES string of the molecule is O=C(Nc1ncccn1)c1c[nH]c(=O)cn1.